The highest BCUT2D eigenvalue weighted by Crippen LogP contribution is 2.24. The van der Waals surface area contributed by atoms with E-state index in [0.717, 1.165) is 11.1 Å². The predicted octanol–water partition coefficient (Wildman–Crippen LogP) is 1.38. The van der Waals surface area contributed by atoms with Gasteiger partial charge >= 0.3 is 5.97 Å². The molecule has 92 valence electrons. The Balaban J connectivity index is 2.86. The van der Waals surface area contributed by atoms with Crippen LogP contribution in [0, 0.1) is 0 Å². The first kappa shape index (κ1) is 13.2. The van der Waals surface area contributed by atoms with Crippen molar-refractivity contribution in [2.45, 2.75) is 25.8 Å². The van der Waals surface area contributed by atoms with Crippen LogP contribution in [0.15, 0.2) is 24.3 Å². The summed E-state index contributed by atoms with van der Waals surface area (Å²) in [5, 5.41) is 2.58. The fourth-order valence-electron chi connectivity index (χ4n) is 1.57. The van der Waals surface area contributed by atoms with Crippen molar-refractivity contribution in [1.82, 2.24) is 5.32 Å². The van der Waals surface area contributed by atoms with Gasteiger partial charge in [-0.25, -0.2) is 0 Å². The number of ether oxygens (including phenoxy) is 1. The van der Waals surface area contributed by atoms with Crippen LogP contribution in [0.2, 0.25) is 0 Å². The average Bonchev–Trinajstić information content (AvgIpc) is 2.35. The monoisotopic (exact) mass is 235 g/mol. The van der Waals surface area contributed by atoms with Gasteiger partial charge in [0, 0.05) is 6.54 Å². The molecule has 1 rings (SSSR count). The molecule has 0 fully saturated rings. The Hall–Kier alpha value is -1.84. The molecule has 1 aromatic carbocycles. The minimum Gasteiger partial charge on any atom is -0.468 e. The first-order valence-corrected chi connectivity index (χ1v) is 5.37. The van der Waals surface area contributed by atoms with E-state index in [1.807, 2.05) is 38.1 Å². The van der Waals surface area contributed by atoms with E-state index in [4.69, 9.17) is 4.74 Å². The van der Waals surface area contributed by atoms with E-state index < -0.39 is 5.41 Å². The van der Waals surface area contributed by atoms with Gasteiger partial charge in [-0.15, -0.1) is 0 Å². The molecular formula is C13H17NO3. The molecule has 0 aromatic heterocycles. The third-order valence-electron chi connectivity index (χ3n) is 2.76. The fraction of sp³-hybridized carbons (Fsp3) is 0.385. The quantitative estimate of drug-likeness (QED) is 0.619. The summed E-state index contributed by atoms with van der Waals surface area (Å²) in [6, 6.07) is 7.52. The van der Waals surface area contributed by atoms with E-state index in [0.29, 0.717) is 13.0 Å². The minimum atomic E-state index is -0.661. The summed E-state index contributed by atoms with van der Waals surface area (Å²) in [4.78, 5) is 21.8. The van der Waals surface area contributed by atoms with Crippen molar-refractivity contribution < 1.29 is 14.3 Å². The molecule has 0 saturated carbocycles. The number of nitrogens with one attached hydrogen (secondary N) is 1. The van der Waals surface area contributed by atoms with Crippen LogP contribution in [0.4, 0.5) is 0 Å². The number of methoxy groups -OCH3 is 1. The smallest absolute Gasteiger partial charge is 0.315 e. The molecule has 0 atom stereocenters. The van der Waals surface area contributed by atoms with Gasteiger partial charge < -0.3 is 10.1 Å². The minimum absolute atomic E-state index is 0.267. The van der Waals surface area contributed by atoms with Crippen LogP contribution in [0.1, 0.15) is 25.0 Å². The van der Waals surface area contributed by atoms with Gasteiger partial charge in [-0.2, -0.15) is 0 Å². The maximum Gasteiger partial charge on any atom is 0.315 e. The maximum atomic E-state index is 11.6. The van der Waals surface area contributed by atoms with E-state index in [9.17, 15) is 9.59 Å². The SMILES string of the molecule is COC(=O)C(C)(C)c1ccc(CNC=O)cc1. The summed E-state index contributed by atoms with van der Waals surface area (Å²) in [5.41, 5.74) is 1.21. The van der Waals surface area contributed by atoms with Crippen molar-refractivity contribution in [2.75, 3.05) is 7.11 Å². The predicted molar refractivity (Wildman–Crippen MR) is 64.4 cm³/mol. The Labute approximate surface area is 101 Å². The van der Waals surface area contributed by atoms with Gasteiger partial charge in [0.2, 0.25) is 6.41 Å². The highest BCUT2D eigenvalue weighted by Gasteiger charge is 2.30. The molecule has 1 N–H and O–H groups in total. The standard InChI is InChI=1S/C13H17NO3/c1-13(2,12(16)17-3)11-6-4-10(5-7-11)8-14-9-15/h4-7,9H,8H2,1-3H3,(H,14,15). The number of amides is 1. The molecule has 0 aliphatic heterocycles. The third kappa shape index (κ3) is 3.06. The van der Waals surface area contributed by atoms with Crippen molar-refractivity contribution in [2.24, 2.45) is 0 Å². The van der Waals surface area contributed by atoms with E-state index in [1.54, 1.807) is 0 Å². The van der Waals surface area contributed by atoms with Crippen molar-refractivity contribution in [1.29, 1.82) is 0 Å². The van der Waals surface area contributed by atoms with Crippen molar-refractivity contribution >= 4 is 12.4 Å². The number of hydrogen-bond acceptors (Lipinski definition) is 3. The molecule has 1 amide bonds. The highest BCUT2D eigenvalue weighted by molar-refractivity contribution is 5.82. The zero-order valence-corrected chi connectivity index (χ0v) is 10.3. The molecule has 0 radical (unpaired) electrons. The summed E-state index contributed by atoms with van der Waals surface area (Å²) >= 11 is 0. The molecule has 0 spiro atoms. The van der Waals surface area contributed by atoms with Gasteiger partial charge in [-0.1, -0.05) is 24.3 Å². The number of esters is 1. The molecule has 1 aromatic rings. The zero-order chi connectivity index (χ0) is 12.9. The van der Waals surface area contributed by atoms with Crippen LogP contribution in [0.25, 0.3) is 0 Å². The summed E-state index contributed by atoms with van der Waals surface area (Å²) in [7, 11) is 1.38. The highest BCUT2D eigenvalue weighted by atomic mass is 16.5. The second-order valence-corrected chi connectivity index (χ2v) is 4.31. The first-order valence-electron chi connectivity index (χ1n) is 5.37. The Morgan fingerprint density at radius 2 is 1.94 bits per heavy atom. The lowest BCUT2D eigenvalue weighted by Gasteiger charge is -2.22. The number of benzene rings is 1. The van der Waals surface area contributed by atoms with Gasteiger partial charge in [0.1, 0.15) is 0 Å². The lowest BCUT2D eigenvalue weighted by atomic mass is 9.84. The van der Waals surface area contributed by atoms with Crippen LogP contribution in [-0.4, -0.2) is 19.5 Å². The topological polar surface area (TPSA) is 55.4 Å². The molecule has 0 aliphatic rings. The normalized spacial score (nSPS) is 10.8. The fourth-order valence-corrected chi connectivity index (χ4v) is 1.57. The van der Waals surface area contributed by atoms with Crippen LogP contribution in [-0.2, 0) is 26.3 Å². The van der Waals surface area contributed by atoms with Gasteiger partial charge in [0.15, 0.2) is 0 Å². The second-order valence-electron chi connectivity index (χ2n) is 4.31. The van der Waals surface area contributed by atoms with Crippen LogP contribution < -0.4 is 5.32 Å². The Kier molecular flexibility index (Phi) is 4.26. The molecule has 4 heteroatoms. The lowest BCUT2D eigenvalue weighted by molar-refractivity contribution is -0.146. The summed E-state index contributed by atoms with van der Waals surface area (Å²) < 4.78 is 4.77. The average molecular weight is 235 g/mol. The summed E-state index contributed by atoms with van der Waals surface area (Å²) in [6.07, 6.45) is 0.659. The van der Waals surface area contributed by atoms with Crippen molar-refractivity contribution in [3.8, 4) is 0 Å². The van der Waals surface area contributed by atoms with Gasteiger partial charge in [0.25, 0.3) is 0 Å². The molecule has 0 bridgehead atoms. The number of carbonyl (C=O) groups is 2. The van der Waals surface area contributed by atoms with Crippen LogP contribution >= 0.6 is 0 Å². The Bertz CT molecular complexity index is 396. The van der Waals surface area contributed by atoms with Crippen molar-refractivity contribution in [3.05, 3.63) is 35.4 Å². The molecule has 4 nitrogen and oxygen atoms in total. The lowest BCUT2D eigenvalue weighted by Crippen LogP contribution is -2.30. The van der Waals surface area contributed by atoms with Crippen LogP contribution in [0.3, 0.4) is 0 Å². The number of carbonyl (C=O) groups excluding carboxylic acids is 2. The van der Waals surface area contributed by atoms with Gasteiger partial charge in [-0.05, 0) is 25.0 Å². The second kappa shape index (κ2) is 5.48. The zero-order valence-electron chi connectivity index (χ0n) is 10.3. The summed E-state index contributed by atoms with van der Waals surface area (Å²) in [5.74, 6) is -0.267. The van der Waals surface area contributed by atoms with E-state index in [-0.39, 0.29) is 5.97 Å². The first-order chi connectivity index (χ1) is 8.02. The van der Waals surface area contributed by atoms with E-state index in [2.05, 4.69) is 5.32 Å². The number of rotatable bonds is 5. The molecule has 17 heavy (non-hydrogen) atoms. The molecule has 0 aliphatic carbocycles. The summed E-state index contributed by atoms with van der Waals surface area (Å²) in [6.45, 7) is 4.12. The van der Waals surface area contributed by atoms with Gasteiger partial charge in [0.05, 0.1) is 12.5 Å². The molecular weight excluding hydrogens is 218 g/mol. The van der Waals surface area contributed by atoms with Gasteiger partial charge in [-0.3, -0.25) is 9.59 Å². The third-order valence-corrected chi connectivity index (χ3v) is 2.76. The van der Waals surface area contributed by atoms with Crippen LogP contribution in [0.5, 0.6) is 0 Å². The maximum absolute atomic E-state index is 11.6. The Morgan fingerprint density at radius 1 is 1.35 bits per heavy atom. The molecule has 0 heterocycles. The molecule has 0 saturated heterocycles. The Morgan fingerprint density at radius 3 is 2.41 bits per heavy atom. The molecule has 0 unspecified atom stereocenters. The van der Waals surface area contributed by atoms with E-state index >= 15 is 0 Å². The number of hydrogen-bond donors (Lipinski definition) is 1. The van der Waals surface area contributed by atoms with Crippen molar-refractivity contribution in [3.63, 3.8) is 0 Å². The van der Waals surface area contributed by atoms with E-state index in [1.165, 1.54) is 7.11 Å². The largest absolute Gasteiger partial charge is 0.468 e.